The number of furan rings is 1. The van der Waals surface area contributed by atoms with Crippen LogP contribution in [0.2, 0.25) is 0 Å². The van der Waals surface area contributed by atoms with E-state index >= 15 is 0 Å². The second-order valence-electron chi connectivity index (χ2n) is 4.48. The highest BCUT2D eigenvalue weighted by Crippen LogP contribution is 2.12. The van der Waals surface area contributed by atoms with Crippen LogP contribution in [-0.4, -0.2) is 14.3 Å². The summed E-state index contributed by atoms with van der Waals surface area (Å²) in [6.07, 6.45) is 2.12. The topological polar surface area (TPSA) is 102 Å². The average Bonchev–Trinajstić information content (AvgIpc) is 2.92. The molecule has 112 valence electrons. The minimum atomic E-state index is -3.70. The number of benzene rings is 1. The predicted molar refractivity (Wildman–Crippen MR) is 77.1 cm³/mol. The standard InChI is InChI=1S/C14H16N2O4S/c1-2-13-12(7-8-20-13)14(17)16-9-10-3-5-11(6-4-10)21(15,18)19/h3-8H,2,9H2,1H3,(H,16,17)(H2,15,18,19). The zero-order valence-electron chi connectivity index (χ0n) is 11.5. The van der Waals surface area contributed by atoms with Crippen LogP contribution in [0.15, 0.2) is 45.9 Å². The highest BCUT2D eigenvalue weighted by molar-refractivity contribution is 7.89. The molecule has 1 amide bonds. The van der Waals surface area contributed by atoms with Crippen LogP contribution < -0.4 is 10.5 Å². The van der Waals surface area contributed by atoms with Crippen molar-refractivity contribution in [3.05, 3.63) is 53.5 Å². The maximum atomic E-state index is 12.0. The van der Waals surface area contributed by atoms with Crippen LogP contribution in [0.1, 0.15) is 28.6 Å². The van der Waals surface area contributed by atoms with Crippen LogP contribution in [-0.2, 0) is 23.0 Å². The van der Waals surface area contributed by atoms with Crippen molar-refractivity contribution >= 4 is 15.9 Å². The molecule has 1 aromatic heterocycles. The van der Waals surface area contributed by atoms with Crippen molar-refractivity contribution in [2.45, 2.75) is 24.8 Å². The number of sulfonamides is 1. The van der Waals surface area contributed by atoms with Gasteiger partial charge < -0.3 is 9.73 Å². The Balaban J connectivity index is 2.02. The molecule has 0 atom stereocenters. The SMILES string of the molecule is CCc1occc1C(=O)NCc1ccc(S(N)(=O)=O)cc1. The number of hydrogen-bond acceptors (Lipinski definition) is 4. The van der Waals surface area contributed by atoms with Gasteiger partial charge in [0, 0.05) is 13.0 Å². The molecule has 1 heterocycles. The van der Waals surface area contributed by atoms with E-state index in [1.165, 1.54) is 18.4 Å². The Morgan fingerprint density at radius 1 is 1.24 bits per heavy atom. The van der Waals surface area contributed by atoms with Crippen LogP contribution in [0.5, 0.6) is 0 Å². The molecule has 2 aromatic rings. The van der Waals surface area contributed by atoms with Gasteiger partial charge in [-0.05, 0) is 23.8 Å². The number of hydrogen-bond donors (Lipinski definition) is 2. The minimum Gasteiger partial charge on any atom is -0.469 e. The zero-order valence-corrected chi connectivity index (χ0v) is 12.3. The molecule has 0 unspecified atom stereocenters. The summed E-state index contributed by atoms with van der Waals surface area (Å²) < 4.78 is 27.5. The van der Waals surface area contributed by atoms with Gasteiger partial charge in [0.25, 0.3) is 5.91 Å². The molecule has 3 N–H and O–H groups in total. The molecule has 0 aliphatic carbocycles. The molecule has 0 aliphatic rings. The molecule has 0 spiro atoms. The van der Waals surface area contributed by atoms with Gasteiger partial charge in [-0.1, -0.05) is 19.1 Å². The lowest BCUT2D eigenvalue weighted by atomic mass is 10.2. The molecular formula is C14H16N2O4S. The van der Waals surface area contributed by atoms with Crippen molar-refractivity contribution in [1.29, 1.82) is 0 Å². The maximum absolute atomic E-state index is 12.0. The van der Waals surface area contributed by atoms with E-state index in [2.05, 4.69) is 5.32 Å². The lowest BCUT2D eigenvalue weighted by Gasteiger charge is -2.06. The molecule has 6 nitrogen and oxygen atoms in total. The summed E-state index contributed by atoms with van der Waals surface area (Å²) in [5.41, 5.74) is 1.29. The number of rotatable bonds is 5. The first-order valence-corrected chi connectivity index (χ1v) is 7.92. The van der Waals surface area contributed by atoms with Crippen molar-refractivity contribution in [2.75, 3.05) is 0 Å². The van der Waals surface area contributed by atoms with E-state index in [4.69, 9.17) is 9.56 Å². The molecule has 7 heteroatoms. The van der Waals surface area contributed by atoms with Crippen molar-refractivity contribution < 1.29 is 17.6 Å². The molecule has 21 heavy (non-hydrogen) atoms. The van der Waals surface area contributed by atoms with Crippen LogP contribution in [0.4, 0.5) is 0 Å². The Kier molecular flexibility index (Phi) is 4.44. The van der Waals surface area contributed by atoms with Gasteiger partial charge in [0.1, 0.15) is 5.76 Å². The fourth-order valence-electron chi connectivity index (χ4n) is 1.89. The van der Waals surface area contributed by atoms with Gasteiger partial charge in [0.15, 0.2) is 0 Å². The van der Waals surface area contributed by atoms with E-state index < -0.39 is 10.0 Å². The van der Waals surface area contributed by atoms with Crippen LogP contribution in [0, 0.1) is 0 Å². The van der Waals surface area contributed by atoms with E-state index in [0.29, 0.717) is 17.7 Å². The molecule has 0 aliphatic heterocycles. The quantitative estimate of drug-likeness (QED) is 0.872. The molecule has 2 rings (SSSR count). The van der Waals surface area contributed by atoms with Crippen molar-refractivity contribution in [3.8, 4) is 0 Å². The summed E-state index contributed by atoms with van der Waals surface area (Å²) in [4.78, 5) is 12.0. The Hall–Kier alpha value is -2.12. The first-order chi connectivity index (χ1) is 9.91. The lowest BCUT2D eigenvalue weighted by Crippen LogP contribution is -2.23. The molecule has 0 saturated heterocycles. The first-order valence-electron chi connectivity index (χ1n) is 6.38. The summed E-state index contributed by atoms with van der Waals surface area (Å²) in [6.45, 7) is 2.19. The van der Waals surface area contributed by atoms with Gasteiger partial charge in [-0.2, -0.15) is 0 Å². The summed E-state index contributed by atoms with van der Waals surface area (Å²) in [6, 6.07) is 7.66. The van der Waals surface area contributed by atoms with Gasteiger partial charge in [-0.15, -0.1) is 0 Å². The Bertz CT molecular complexity index is 733. The number of carbonyl (C=O) groups excluding carboxylic acids is 1. The summed E-state index contributed by atoms with van der Waals surface area (Å²) >= 11 is 0. The van der Waals surface area contributed by atoms with Gasteiger partial charge in [0.2, 0.25) is 10.0 Å². The Morgan fingerprint density at radius 2 is 1.90 bits per heavy atom. The fraction of sp³-hybridized carbons (Fsp3) is 0.214. The van der Waals surface area contributed by atoms with Crippen LogP contribution in [0.25, 0.3) is 0 Å². The number of nitrogens with one attached hydrogen (secondary N) is 1. The fourth-order valence-corrected chi connectivity index (χ4v) is 2.41. The summed E-state index contributed by atoms with van der Waals surface area (Å²) in [7, 11) is -3.70. The monoisotopic (exact) mass is 308 g/mol. The van der Waals surface area contributed by atoms with Crippen LogP contribution in [0.3, 0.4) is 0 Å². The van der Waals surface area contributed by atoms with E-state index in [1.54, 1.807) is 18.2 Å². The first kappa shape index (κ1) is 15.3. The molecule has 0 radical (unpaired) electrons. The summed E-state index contributed by atoms with van der Waals surface area (Å²) in [5.74, 6) is 0.410. The largest absolute Gasteiger partial charge is 0.469 e. The van der Waals surface area contributed by atoms with Crippen LogP contribution >= 0.6 is 0 Å². The van der Waals surface area contributed by atoms with Crippen molar-refractivity contribution in [2.24, 2.45) is 5.14 Å². The number of carbonyl (C=O) groups is 1. The third kappa shape index (κ3) is 3.71. The van der Waals surface area contributed by atoms with E-state index in [-0.39, 0.29) is 17.3 Å². The lowest BCUT2D eigenvalue weighted by molar-refractivity contribution is 0.0949. The van der Waals surface area contributed by atoms with Crippen molar-refractivity contribution in [1.82, 2.24) is 5.32 Å². The second-order valence-corrected chi connectivity index (χ2v) is 6.04. The number of amides is 1. The minimum absolute atomic E-state index is 0.0423. The maximum Gasteiger partial charge on any atom is 0.255 e. The smallest absolute Gasteiger partial charge is 0.255 e. The molecule has 0 saturated carbocycles. The van der Waals surface area contributed by atoms with E-state index in [0.717, 1.165) is 5.56 Å². The molecule has 0 bridgehead atoms. The third-order valence-electron chi connectivity index (χ3n) is 3.02. The number of nitrogens with two attached hydrogens (primary N) is 1. The number of aryl methyl sites for hydroxylation is 1. The molecule has 0 fully saturated rings. The van der Waals surface area contributed by atoms with Crippen molar-refractivity contribution in [3.63, 3.8) is 0 Å². The van der Waals surface area contributed by atoms with Gasteiger partial charge in [-0.3, -0.25) is 4.79 Å². The Morgan fingerprint density at radius 3 is 2.48 bits per heavy atom. The Labute approximate surface area is 123 Å². The summed E-state index contributed by atoms with van der Waals surface area (Å²) in [5, 5.41) is 7.77. The molecule has 1 aromatic carbocycles. The van der Waals surface area contributed by atoms with Gasteiger partial charge in [0.05, 0.1) is 16.7 Å². The second kappa shape index (κ2) is 6.11. The molecular weight excluding hydrogens is 292 g/mol. The number of primary sulfonamides is 1. The van der Waals surface area contributed by atoms with Gasteiger partial charge in [-0.25, -0.2) is 13.6 Å². The highest BCUT2D eigenvalue weighted by Gasteiger charge is 2.13. The normalized spacial score (nSPS) is 11.3. The van der Waals surface area contributed by atoms with E-state index in [1.807, 2.05) is 6.92 Å². The van der Waals surface area contributed by atoms with Gasteiger partial charge >= 0.3 is 0 Å². The van der Waals surface area contributed by atoms with E-state index in [9.17, 15) is 13.2 Å². The third-order valence-corrected chi connectivity index (χ3v) is 3.95. The average molecular weight is 308 g/mol. The highest BCUT2D eigenvalue weighted by atomic mass is 32.2. The zero-order chi connectivity index (χ0) is 15.5. The predicted octanol–water partition coefficient (Wildman–Crippen LogP) is 1.42.